The maximum atomic E-state index is 11.2. The molecular formula is C15H24N2O2. The van der Waals surface area contributed by atoms with Gasteiger partial charge in [0, 0.05) is 36.7 Å². The normalized spacial score (nSPS) is 10.7. The van der Waals surface area contributed by atoms with E-state index in [-0.39, 0.29) is 5.78 Å². The van der Waals surface area contributed by atoms with Gasteiger partial charge >= 0.3 is 0 Å². The van der Waals surface area contributed by atoms with Crippen molar-refractivity contribution in [2.24, 2.45) is 5.92 Å². The second-order valence-corrected chi connectivity index (χ2v) is 5.11. The van der Waals surface area contributed by atoms with E-state index in [0.717, 1.165) is 31.9 Å². The number of anilines is 2. The number of ether oxygens (including phenoxy) is 1. The van der Waals surface area contributed by atoms with E-state index in [1.54, 1.807) is 12.1 Å². The van der Waals surface area contributed by atoms with Crippen molar-refractivity contribution in [2.45, 2.75) is 27.2 Å². The van der Waals surface area contributed by atoms with Crippen LogP contribution in [0.2, 0.25) is 0 Å². The number of Topliss-reactive ketones (excluding diaryl/α,β-unsaturated/α-hetero) is 1. The summed E-state index contributed by atoms with van der Waals surface area (Å²) < 4.78 is 5.50. The summed E-state index contributed by atoms with van der Waals surface area (Å²) in [6.07, 6.45) is 0.946. The van der Waals surface area contributed by atoms with E-state index in [1.807, 2.05) is 6.07 Å². The molecule has 0 radical (unpaired) electrons. The average Bonchev–Trinajstić information content (AvgIpc) is 2.32. The molecule has 0 aliphatic heterocycles. The van der Waals surface area contributed by atoms with Gasteiger partial charge in [-0.15, -0.1) is 0 Å². The minimum absolute atomic E-state index is 0.00821. The summed E-state index contributed by atoms with van der Waals surface area (Å²) in [6.45, 7) is 8.18. The number of carbonyl (C=O) groups excluding carboxylic acids is 1. The molecule has 0 unspecified atom stereocenters. The summed E-state index contributed by atoms with van der Waals surface area (Å²) in [6, 6.07) is 5.43. The van der Waals surface area contributed by atoms with E-state index in [2.05, 4.69) is 19.2 Å². The minimum Gasteiger partial charge on any atom is -0.398 e. The molecule has 0 aliphatic carbocycles. The summed E-state index contributed by atoms with van der Waals surface area (Å²) in [5.41, 5.74) is 7.86. The van der Waals surface area contributed by atoms with Crippen LogP contribution in [0, 0.1) is 5.92 Å². The highest BCUT2D eigenvalue weighted by molar-refractivity contribution is 5.99. The summed E-state index contributed by atoms with van der Waals surface area (Å²) in [5, 5.41) is 3.27. The fraction of sp³-hybridized carbons (Fsp3) is 0.533. The third kappa shape index (κ3) is 5.75. The van der Waals surface area contributed by atoms with E-state index in [4.69, 9.17) is 10.5 Å². The van der Waals surface area contributed by atoms with Gasteiger partial charge < -0.3 is 15.8 Å². The van der Waals surface area contributed by atoms with Crippen LogP contribution in [0.4, 0.5) is 11.4 Å². The molecule has 19 heavy (non-hydrogen) atoms. The predicted octanol–water partition coefficient (Wildman–Crippen LogP) is 2.95. The molecule has 106 valence electrons. The molecule has 0 saturated carbocycles. The first-order chi connectivity index (χ1) is 9.00. The maximum Gasteiger partial charge on any atom is 0.161 e. The van der Waals surface area contributed by atoms with Gasteiger partial charge in [0.05, 0.1) is 0 Å². The number of benzene rings is 1. The monoisotopic (exact) mass is 264 g/mol. The van der Waals surface area contributed by atoms with Crippen LogP contribution in [0.25, 0.3) is 0 Å². The van der Waals surface area contributed by atoms with Crippen molar-refractivity contribution in [3.8, 4) is 0 Å². The van der Waals surface area contributed by atoms with Crippen molar-refractivity contribution >= 4 is 17.2 Å². The Kier molecular flexibility index (Phi) is 6.36. The van der Waals surface area contributed by atoms with Gasteiger partial charge in [-0.3, -0.25) is 4.79 Å². The molecule has 0 aliphatic rings. The van der Waals surface area contributed by atoms with Gasteiger partial charge in [0.15, 0.2) is 5.78 Å². The lowest BCUT2D eigenvalue weighted by Gasteiger charge is -2.10. The predicted molar refractivity (Wildman–Crippen MR) is 79.6 cm³/mol. The lowest BCUT2D eigenvalue weighted by atomic mass is 10.1. The molecule has 1 aromatic carbocycles. The Morgan fingerprint density at radius 3 is 2.74 bits per heavy atom. The number of nitrogen functional groups attached to an aromatic ring is 1. The Hall–Kier alpha value is -1.55. The third-order valence-electron chi connectivity index (χ3n) is 2.68. The van der Waals surface area contributed by atoms with Gasteiger partial charge in [-0.25, -0.2) is 0 Å². The highest BCUT2D eigenvalue weighted by atomic mass is 16.5. The molecule has 0 spiro atoms. The van der Waals surface area contributed by atoms with E-state index >= 15 is 0 Å². The van der Waals surface area contributed by atoms with Gasteiger partial charge in [0.25, 0.3) is 0 Å². The number of ketones is 1. The van der Waals surface area contributed by atoms with Crippen LogP contribution in [-0.2, 0) is 4.74 Å². The molecule has 0 bridgehead atoms. The number of hydrogen-bond donors (Lipinski definition) is 2. The molecule has 0 aromatic heterocycles. The van der Waals surface area contributed by atoms with Crippen LogP contribution in [0.3, 0.4) is 0 Å². The van der Waals surface area contributed by atoms with Crippen LogP contribution < -0.4 is 11.1 Å². The number of carbonyl (C=O) groups is 1. The Bertz CT molecular complexity index is 417. The number of hydrogen-bond acceptors (Lipinski definition) is 4. The molecule has 0 atom stereocenters. The summed E-state index contributed by atoms with van der Waals surface area (Å²) in [4.78, 5) is 11.2. The largest absolute Gasteiger partial charge is 0.398 e. The van der Waals surface area contributed by atoms with Crippen LogP contribution in [-0.4, -0.2) is 25.5 Å². The van der Waals surface area contributed by atoms with Crippen LogP contribution in [0.5, 0.6) is 0 Å². The average molecular weight is 264 g/mol. The molecule has 1 rings (SSSR count). The van der Waals surface area contributed by atoms with Crippen LogP contribution >= 0.6 is 0 Å². The van der Waals surface area contributed by atoms with Crippen LogP contribution in [0.15, 0.2) is 18.2 Å². The third-order valence-corrected chi connectivity index (χ3v) is 2.68. The highest BCUT2D eigenvalue weighted by Crippen LogP contribution is 2.18. The first kappa shape index (κ1) is 15.5. The zero-order valence-electron chi connectivity index (χ0n) is 12.0. The Morgan fingerprint density at radius 2 is 2.16 bits per heavy atom. The fourth-order valence-electron chi connectivity index (χ4n) is 1.72. The highest BCUT2D eigenvalue weighted by Gasteiger charge is 2.04. The van der Waals surface area contributed by atoms with E-state index in [1.165, 1.54) is 6.92 Å². The van der Waals surface area contributed by atoms with Gasteiger partial charge in [0.2, 0.25) is 0 Å². The molecule has 0 amide bonds. The molecule has 4 heteroatoms. The van der Waals surface area contributed by atoms with Crippen molar-refractivity contribution < 1.29 is 9.53 Å². The summed E-state index contributed by atoms with van der Waals surface area (Å²) in [7, 11) is 0. The topological polar surface area (TPSA) is 64.3 Å². The zero-order valence-corrected chi connectivity index (χ0v) is 12.0. The smallest absolute Gasteiger partial charge is 0.161 e. The van der Waals surface area contributed by atoms with Crippen molar-refractivity contribution in [2.75, 3.05) is 30.8 Å². The second-order valence-electron chi connectivity index (χ2n) is 5.11. The van der Waals surface area contributed by atoms with E-state index in [0.29, 0.717) is 17.2 Å². The lowest BCUT2D eigenvalue weighted by molar-refractivity contribution is 0.101. The van der Waals surface area contributed by atoms with Gasteiger partial charge in [-0.05, 0) is 37.5 Å². The Morgan fingerprint density at radius 1 is 1.42 bits per heavy atom. The zero-order chi connectivity index (χ0) is 14.3. The second kappa shape index (κ2) is 7.79. The number of nitrogens with two attached hydrogens (primary N) is 1. The van der Waals surface area contributed by atoms with E-state index < -0.39 is 0 Å². The van der Waals surface area contributed by atoms with Crippen molar-refractivity contribution in [3.63, 3.8) is 0 Å². The molecule has 0 fully saturated rings. The standard InChI is InChI=1S/C15H24N2O2/c1-11(2)10-19-8-4-7-17-13-5-6-14(12(3)18)15(16)9-13/h5-6,9,11,17H,4,7-8,10,16H2,1-3H3. The van der Waals surface area contributed by atoms with Crippen molar-refractivity contribution in [1.82, 2.24) is 0 Å². The van der Waals surface area contributed by atoms with Gasteiger partial charge in [-0.1, -0.05) is 13.8 Å². The maximum absolute atomic E-state index is 11.2. The summed E-state index contributed by atoms with van der Waals surface area (Å²) >= 11 is 0. The Balaban J connectivity index is 2.30. The number of nitrogens with one attached hydrogen (secondary N) is 1. The Labute approximate surface area is 115 Å². The number of rotatable bonds is 8. The summed E-state index contributed by atoms with van der Waals surface area (Å²) in [5.74, 6) is 0.568. The minimum atomic E-state index is -0.00821. The quantitative estimate of drug-likeness (QED) is 0.430. The molecule has 4 nitrogen and oxygen atoms in total. The van der Waals surface area contributed by atoms with Gasteiger partial charge in [0.1, 0.15) is 0 Å². The SMILES string of the molecule is CC(=O)c1ccc(NCCCOCC(C)C)cc1N. The molecule has 0 heterocycles. The molecular weight excluding hydrogens is 240 g/mol. The van der Waals surface area contributed by atoms with Crippen molar-refractivity contribution in [3.05, 3.63) is 23.8 Å². The fourth-order valence-corrected chi connectivity index (χ4v) is 1.72. The van der Waals surface area contributed by atoms with Crippen molar-refractivity contribution in [1.29, 1.82) is 0 Å². The first-order valence-corrected chi connectivity index (χ1v) is 6.72. The molecule has 1 aromatic rings. The molecule has 3 N–H and O–H groups in total. The van der Waals surface area contributed by atoms with Gasteiger partial charge in [-0.2, -0.15) is 0 Å². The van der Waals surface area contributed by atoms with E-state index in [9.17, 15) is 4.79 Å². The lowest BCUT2D eigenvalue weighted by Crippen LogP contribution is -2.09. The van der Waals surface area contributed by atoms with Crippen LogP contribution in [0.1, 0.15) is 37.6 Å². The molecule has 0 saturated heterocycles. The first-order valence-electron chi connectivity index (χ1n) is 6.72.